The SMILES string of the molecule is CCOc1ccc(/C=N\NC(=O)CN(c2ccc(C(C)C)cc2)S(=O)(=O)c2ccc(C)cc2)cc1. The summed E-state index contributed by atoms with van der Waals surface area (Å²) in [6.45, 7) is 8.07. The molecule has 0 atom stereocenters. The van der Waals surface area contributed by atoms with Crippen LogP contribution in [0.3, 0.4) is 0 Å². The van der Waals surface area contributed by atoms with E-state index in [1.54, 1.807) is 36.4 Å². The standard InChI is InChI=1S/C27H31N3O4S/c1-5-34-25-14-8-22(9-15-25)18-28-29-27(31)19-30(24-12-10-23(11-13-24)20(2)3)35(32,33)26-16-6-21(4)7-17-26/h6-18,20H,5,19H2,1-4H3,(H,29,31)/b28-18-. The number of sulfonamides is 1. The third-order valence-electron chi connectivity index (χ3n) is 5.34. The van der Waals surface area contributed by atoms with E-state index in [1.165, 1.54) is 6.21 Å². The fraction of sp³-hybridized carbons (Fsp3) is 0.259. The van der Waals surface area contributed by atoms with Crippen molar-refractivity contribution in [2.75, 3.05) is 17.5 Å². The van der Waals surface area contributed by atoms with Gasteiger partial charge in [0.05, 0.1) is 23.4 Å². The van der Waals surface area contributed by atoms with Gasteiger partial charge in [-0.2, -0.15) is 5.10 Å². The summed E-state index contributed by atoms with van der Waals surface area (Å²) in [6.07, 6.45) is 1.49. The fourth-order valence-corrected chi connectivity index (χ4v) is 4.76. The summed E-state index contributed by atoms with van der Waals surface area (Å²) in [5.74, 6) is 0.483. The van der Waals surface area contributed by atoms with Crippen LogP contribution in [0.25, 0.3) is 0 Å². The Morgan fingerprint density at radius 2 is 1.63 bits per heavy atom. The molecule has 3 aromatic carbocycles. The lowest BCUT2D eigenvalue weighted by Gasteiger charge is -2.24. The first-order valence-electron chi connectivity index (χ1n) is 11.4. The molecule has 0 aromatic heterocycles. The average molecular weight is 494 g/mol. The fourth-order valence-electron chi connectivity index (χ4n) is 3.34. The Morgan fingerprint density at radius 1 is 1.00 bits per heavy atom. The molecule has 0 aliphatic carbocycles. The van der Waals surface area contributed by atoms with Gasteiger partial charge in [-0.3, -0.25) is 9.10 Å². The Balaban J connectivity index is 1.80. The normalized spacial score (nSPS) is 11.6. The molecule has 184 valence electrons. The van der Waals surface area contributed by atoms with Gasteiger partial charge in [-0.1, -0.05) is 43.7 Å². The second-order valence-corrected chi connectivity index (χ2v) is 10.2. The number of amides is 1. The molecule has 0 saturated carbocycles. The van der Waals surface area contributed by atoms with E-state index in [9.17, 15) is 13.2 Å². The zero-order chi connectivity index (χ0) is 25.4. The van der Waals surface area contributed by atoms with Crippen LogP contribution in [-0.2, 0) is 14.8 Å². The molecule has 0 radical (unpaired) electrons. The summed E-state index contributed by atoms with van der Waals surface area (Å²) < 4.78 is 33.5. The Hall–Kier alpha value is -3.65. The molecule has 0 bridgehead atoms. The van der Waals surface area contributed by atoms with Crippen molar-refractivity contribution in [2.24, 2.45) is 5.10 Å². The molecule has 7 nitrogen and oxygen atoms in total. The number of anilines is 1. The Kier molecular flexibility index (Phi) is 8.65. The summed E-state index contributed by atoms with van der Waals surface area (Å²) in [5.41, 5.74) is 5.61. The van der Waals surface area contributed by atoms with Crippen LogP contribution in [0.15, 0.2) is 82.8 Å². The minimum atomic E-state index is -3.98. The number of hydrazone groups is 1. The van der Waals surface area contributed by atoms with Crippen LogP contribution in [0.2, 0.25) is 0 Å². The van der Waals surface area contributed by atoms with Gasteiger partial charge in [0.2, 0.25) is 0 Å². The van der Waals surface area contributed by atoms with Crippen molar-refractivity contribution >= 4 is 27.8 Å². The van der Waals surface area contributed by atoms with Crippen LogP contribution in [-0.4, -0.2) is 33.7 Å². The molecule has 3 aromatic rings. The van der Waals surface area contributed by atoms with E-state index >= 15 is 0 Å². The third-order valence-corrected chi connectivity index (χ3v) is 7.13. The molecule has 0 unspecified atom stereocenters. The Labute approximate surface area is 207 Å². The number of benzene rings is 3. The van der Waals surface area contributed by atoms with Crippen LogP contribution in [0.5, 0.6) is 5.75 Å². The number of rotatable bonds is 10. The van der Waals surface area contributed by atoms with Crippen LogP contribution in [0.4, 0.5) is 5.69 Å². The van der Waals surface area contributed by atoms with Crippen molar-refractivity contribution in [1.29, 1.82) is 0 Å². The zero-order valence-corrected chi connectivity index (χ0v) is 21.2. The van der Waals surface area contributed by atoms with E-state index in [1.807, 2.05) is 50.2 Å². The Bertz CT molecular complexity index is 1250. The van der Waals surface area contributed by atoms with Gasteiger partial charge < -0.3 is 4.74 Å². The number of carbonyl (C=O) groups is 1. The predicted molar refractivity (Wildman–Crippen MR) is 140 cm³/mol. The highest BCUT2D eigenvalue weighted by molar-refractivity contribution is 7.92. The topological polar surface area (TPSA) is 88.1 Å². The van der Waals surface area contributed by atoms with E-state index in [4.69, 9.17) is 4.74 Å². The van der Waals surface area contributed by atoms with Gasteiger partial charge in [0.25, 0.3) is 15.9 Å². The van der Waals surface area contributed by atoms with Crippen molar-refractivity contribution in [3.8, 4) is 5.75 Å². The first-order valence-corrected chi connectivity index (χ1v) is 12.9. The quantitative estimate of drug-likeness (QED) is 0.323. The van der Waals surface area contributed by atoms with E-state index in [2.05, 4.69) is 24.4 Å². The van der Waals surface area contributed by atoms with Gasteiger partial charge in [-0.05, 0) is 79.4 Å². The summed E-state index contributed by atoms with van der Waals surface area (Å²) in [5, 5.41) is 3.98. The van der Waals surface area contributed by atoms with E-state index in [-0.39, 0.29) is 4.90 Å². The third kappa shape index (κ3) is 6.93. The van der Waals surface area contributed by atoms with Gasteiger partial charge in [-0.25, -0.2) is 13.8 Å². The molecule has 0 saturated heterocycles. The molecular weight excluding hydrogens is 462 g/mol. The average Bonchev–Trinajstić information content (AvgIpc) is 2.84. The smallest absolute Gasteiger partial charge is 0.264 e. The van der Waals surface area contributed by atoms with Crippen molar-refractivity contribution in [1.82, 2.24) is 5.43 Å². The molecule has 0 heterocycles. The minimum Gasteiger partial charge on any atom is -0.494 e. The van der Waals surface area contributed by atoms with Crippen molar-refractivity contribution in [2.45, 2.75) is 38.5 Å². The summed E-state index contributed by atoms with van der Waals surface area (Å²) in [4.78, 5) is 12.8. The second-order valence-electron chi connectivity index (χ2n) is 8.37. The first-order chi connectivity index (χ1) is 16.7. The van der Waals surface area contributed by atoms with Crippen molar-refractivity contribution < 1.29 is 17.9 Å². The second kappa shape index (κ2) is 11.7. The molecule has 0 aliphatic heterocycles. The van der Waals surface area contributed by atoms with Gasteiger partial charge in [0.1, 0.15) is 12.3 Å². The minimum absolute atomic E-state index is 0.113. The number of hydrogen-bond acceptors (Lipinski definition) is 5. The molecule has 1 N–H and O–H groups in total. The monoisotopic (exact) mass is 493 g/mol. The molecule has 0 spiro atoms. The van der Waals surface area contributed by atoms with E-state index in [0.717, 1.165) is 26.7 Å². The summed E-state index contributed by atoms with van der Waals surface area (Å²) in [7, 11) is -3.98. The van der Waals surface area contributed by atoms with E-state index in [0.29, 0.717) is 18.2 Å². The number of aryl methyl sites for hydroxylation is 1. The first kappa shape index (κ1) is 26.0. The van der Waals surface area contributed by atoms with Crippen molar-refractivity contribution in [3.05, 3.63) is 89.5 Å². The summed E-state index contributed by atoms with van der Waals surface area (Å²) >= 11 is 0. The lowest BCUT2D eigenvalue weighted by Crippen LogP contribution is -2.39. The number of nitrogens with one attached hydrogen (secondary N) is 1. The van der Waals surface area contributed by atoms with Crippen LogP contribution < -0.4 is 14.5 Å². The van der Waals surface area contributed by atoms with Crippen LogP contribution >= 0.6 is 0 Å². The lowest BCUT2D eigenvalue weighted by molar-refractivity contribution is -0.119. The number of hydrogen-bond donors (Lipinski definition) is 1. The van der Waals surface area contributed by atoms with Crippen molar-refractivity contribution in [3.63, 3.8) is 0 Å². The van der Waals surface area contributed by atoms with Crippen LogP contribution in [0, 0.1) is 6.92 Å². The maximum absolute atomic E-state index is 13.5. The number of nitrogens with zero attached hydrogens (tertiary/aromatic N) is 2. The number of ether oxygens (including phenoxy) is 1. The highest BCUT2D eigenvalue weighted by Gasteiger charge is 2.27. The van der Waals surface area contributed by atoms with E-state index < -0.39 is 22.5 Å². The van der Waals surface area contributed by atoms with Gasteiger partial charge in [-0.15, -0.1) is 0 Å². The summed E-state index contributed by atoms with van der Waals surface area (Å²) in [6, 6.07) is 21.0. The Morgan fingerprint density at radius 3 is 2.20 bits per heavy atom. The maximum Gasteiger partial charge on any atom is 0.264 e. The predicted octanol–water partition coefficient (Wildman–Crippen LogP) is 4.86. The molecule has 35 heavy (non-hydrogen) atoms. The molecule has 1 amide bonds. The molecular formula is C27H31N3O4S. The highest BCUT2D eigenvalue weighted by Crippen LogP contribution is 2.26. The largest absolute Gasteiger partial charge is 0.494 e. The molecule has 0 aliphatic rings. The van der Waals surface area contributed by atoms with Gasteiger partial charge in [0.15, 0.2) is 0 Å². The molecule has 0 fully saturated rings. The molecule has 3 rings (SSSR count). The van der Waals surface area contributed by atoms with Gasteiger partial charge >= 0.3 is 0 Å². The van der Waals surface area contributed by atoms with Gasteiger partial charge in [0, 0.05) is 0 Å². The van der Waals surface area contributed by atoms with Crippen LogP contribution in [0.1, 0.15) is 43.4 Å². The zero-order valence-electron chi connectivity index (χ0n) is 20.4. The highest BCUT2D eigenvalue weighted by atomic mass is 32.2. The number of carbonyl (C=O) groups excluding carboxylic acids is 1. The lowest BCUT2D eigenvalue weighted by atomic mass is 10.0. The maximum atomic E-state index is 13.5. The molecule has 8 heteroatoms.